The normalized spacial score (nSPS) is 13.1. The maximum absolute atomic E-state index is 12.4. The van der Waals surface area contributed by atoms with Gasteiger partial charge in [0, 0.05) is 30.6 Å². The molecule has 1 fully saturated rings. The quantitative estimate of drug-likeness (QED) is 0.443. The lowest BCUT2D eigenvalue weighted by molar-refractivity contribution is -0.118. The predicted molar refractivity (Wildman–Crippen MR) is 111 cm³/mol. The first kappa shape index (κ1) is 21.0. The van der Waals surface area contributed by atoms with Gasteiger partial charge in [0.05, 0.1) is 27.1 Å². The number of amides is 1. The van der Waals surface area contributed by atoms with Crippen LogP contribution < -0.4 is 19.5 Å². The van der Waals surface area contributed by atoms with Crippen molar-refractivity contribution in [1.29, 1.82) is 0 Å². The third kappa shape index (κ3) is 5.03. The van der Waals surface area contributed by atoms with E-state index >= 15 is 0 Å². The lowest BCUT2D eigenvalue weighted by atomic mass is 10.1. The van der Waals surface area contributed by atoms with Crippen molar-refractivity contribution in [2.24, 2.45) is 0 Å². The van der Waals surface area contributed by atoms with Gasteiger partial charge in [-0.2, -0.15) is 0 Å². The summed E-state index contributed by atoms with van der Waals surface area (Å²) >= 11 is 1.37. The highest BCUT2D eigenvalue weighted by molar-refractivity contribution is 7.99. The average Bonchev–Trinajstić information content (AvgIpc) is 3.51. The summed E-state index contributed by atoms with van der Waals surface area (Å²) in [6.45, 7) is 4.76. The highest BCUT2D eigenvalue weighted by Gasteiger charge is 2.30. The van der Waals surface area contributed by atoms with Gasteiger partial charge in [-0.05, 0) is 18.9 Å². The van der Waals surface area contributed by atoms with E-state index in [4.69, 9.17) is 14.2 Å². The number of aromatic nitrogens is 3. The van der Waals surface area contributed by atoms with Crippen molar-refractivity contribution in [2.45, 2.75) is 37.0 Å². The Morgan fingerprint density at radius 3 is 2.52 bits per heavy atom. The first-order chi connectivity index (χ1) is 14.1. The SMILES string of the molecule is C=CCn1c(SCC(=O)NCc2cc(OC)c(OC)cc2OC)nnc1C1CC1. The largest absolute Gasteiger partial charge is 0.496 e. The van der Waals surface area contributed by atoms with E-state index in [0.717, 1.165) is 29.4 Å². The summed E-state index contributed by atoms with van der Waals surface area (Å²) in [7, 11) is 4.71. The molecular formula is C20H26N4O4S. The maximum Gasteiger partial charge on any atom is 0.230 e. The molecule has 0 atom stereocenters. The molecule has 0 bridgehead atoms. The monoisotopic (exact) mass is 418 g/mol. The van der Waals surface area contributed by atoms with Gasteiger partial charge in [0.1, 0.15) is 11.6 Å². The molecule has 9 heteroatoms. The number of ether oxygens (including phenoxy) is 3. The summed E-state index contributed by atoms with van der Waals surface area (Å²) in [5.41, 5.74) is 0.800. The molecule has 0 saturated heterocycles. The van der Waals surface area contributed by atoms with Crippen molar-refractivity contribution < 1.29 is 19.0 Å². The van der Waals surface area contributed by atoms with E-state index in [9.17, 15) is 4.79 Å². The van der Waals surface area contributed by atoms with Crippen LogP contribution >= 0.6 is 11.8 Å². The molecule has 0 aliphatic heterocycles. The Kier molecular flexibility index (Phi) is 7.03. The van der Waals surface area contributed by atoms with Crippen molar-refractivity contribution in [3.05, 3.63) is 36.2 Å². The number of nitrogens with zero attached hydrogens (tertiary/aromatic N) is 3. The van der Waals surface area contributed by atoms with Crippen molar-refractivity contribution in [2.75, 3.05) is 27.1 Å². The third-order valence-electron chi connectivity index (χ3n) is 4.59. The first-order valence-corrected chi connectivity index (χ1v) is 10.3. The number of carbonyl (C=O) groups is 1. The highest BCUT2D eigenvalue weighted by Crippen LogP contribution is 2.40. The smallest absolute Gasteiger partial charge is 0.230 e. The first-order valence-electron chi connectivity index (χ1n) is 9.33. The Balaban J connectivity index is 1.60. The number of allylic oxidation sites excluding steroid dienone is 1. The predicted octanol–water partition coefficient (Wildman–Crippen LogP) is 2.78. The van der Waals surface area contributed by atoms with Gasteiger partial charge in [0.15, 0.2) is 16.7 Å². The van der Waals surface area contributed by atoms with E-state index in [1.54, 1.807) is 33.5 Å². The van der Waals surface area contributed by atoms with E-state index in [0.29, 0.717) is 36.3 Å². The van der Waals surface area contributed by atoms with E-state index in [-0.39, 0.29) is 11.7 Å². The molecule has 0 unspecified atom stereocenters. The number of rotatable bonds is 11. The lowest BCUT2D eigenvalue weighted by Gasteiger charge is -2.14. The van der Waals surface area contributed by atoms with Gasteiger partial charge in [0.25, 0.3) is 0 Å². The minimum Gasteiger partial charge on any atom is -0.496 e. The summed E-state index contributed by atoms with van der Waals surface area (Å²) in [5.74, 6) is 3.39. The lowest BCUT2D eigenvalue weighted by Crippen LogP contribution is -2.25. The molecule has 3 rings (SSSR count). The summed E-state index contributed by atoms with van der Waals surface area (Å²) in [6.07, 6.45) is 4.11. The van der Waals surface area contributed by atoms with Crippen LogP contribution in [0.25, 0.3) is 0 Å². The standard InChI is InChI=1S/C20H26N4O4S/c1-5-8-24-19(13-6-7-13)22-23-20(24)29-12-18(25)21-11-14-9-16(27-3)17(28-4)10-15(14)26-2/h5,9-10,13H,1,6-8,11-12H2,2-4H3,(H,21,25). The average molecular weight is 419 g/mol. The minimum absolute atomic E-state index is 0.104. The maximum atomic E-state index is 12.4. The second-order valence-electron chi connectivity index (χ2n) is 6.60. The number of carbonyl (C=O) groups excluding carboxylic acids is 1. The fourth-order valence-corrected chi connectivity index (χ4v) is 3.74. The van der Waals surface area contributed by atoms with Crippen LogP contribution in [-0.4, -0.2) is 47.8 Å². The van der Waals surface area contributed by atoms with Crippen LogP contribution in [0.15, 0.2) is 29.9 Å². The zero-order valence-corrected chi connectivity index (χ0v) is 17.8. The number of benzene rings is 1. The number of hydrogen-bond acceptors (Lipinski definition) is 7. The topological polar surface area (TPSA) is 87.5 Å². The van der Waals surface area contributed by atoms with Gasteiger partial charge in [-0.1, -0.05) is 17.8 Å². The molecule has 1 aromatic heterocycles. The summed E-state index contributed by atoms with van der Waals surface area (Å²) in [6, 6.07) is 3.54. The number of methoxy groups -OCH3 is 3. The van der Waals surface area contributed by atoms with E-state index in [1.807, 2.05) is 10.6 Å². The molecule has 1 aliphatic carbocycles. The molecule has 1 aliphatic rings. The molecule has 8 nitrogen and oxygen atoms in total. The number of nitrogens with one attached hydrogen (secondary N) is 1. The Morgan fingerprint density at radius 1 is 1.21 bits per heavy atom. The van der Waals surface area contributed by atoms with Crippen molar-refractivity contribution >= 4 is 17.7 Å². The molecule has 1 saturated carbocycles. The second kappa shape index (κ2) is 9.69. The van der Waals surface area contributed by atoms with Gasteiger partial charge in [-0.3, -0.25) is 4.79 Å². The second-order valence-corrected chi connectivity index (χ2v) is 7.54. The third-order valence-corrected chi connectivity index (χ3v) is 5.56. The van der Waals surface area contributed by atoms with Crippen LogP contribution in [0.1, 0.15) is 30.1 Å². The van der Waals surface area contributed by atoms with Gasteiger partial charge in [-0.25, -0.2) is 0 Å². The molecular weight excluding hydrogens is 392 g/mol. The Labute approximate surface area is 174 Å². The number of hydrogen-bond donors (Lipinski definition) is 1. The van der Waals surface area contributed by atoms with Gasteiger partial charge >= 0.3 is 0 Å². The van der Waals surface area contributed by atoms with E-state index < -0.39 is 0 Å². The molecule has 1 N–H and O–H groups in total. The molecule has 29 heavy (non-hydrogen) atoms. The zero-order chi connectivity index (χ0) is 20.8. The summed E-state index contributed by atoms with van der Waals surface area (Å²) in [5, 5.41) is 12.2. The summed E-state index contributed by atoms with van der Waals surface area (Å²) < 4.78 is 18.1. The molecule has 1 amide bonds. The summed E-state index contributed by atoms with van der Waals surface area (Å²) in [4.78, 5) is 12.4. The Morgan fingerprint density at radius 2 is 1.90 bits per heavy atom. The van der Waals surface area contributed by atoms with Crippen LogP contribution in [0, 0.1) is 0 Å². The van der Waals surface area contributed by atoms with E-state index in [2.05, 4.69) is 22.1 Å². The molecule has 0 spiro atoms. The van der Waals surface area contributed by atoms with Gasteiger partial charge < -0.3 is 24.1 Å². The molecule has 1 aromatic carbocycles. The van der Waals surface area contributed by atoms with Gasteiger partial charge in [0.2, 0.25) is 5.91 Å². The Hall–Kier alpha value is -2.68. The fraction of sp³-hybridized carbons (Fsp3) is 0.450. The Bertz CT molecular complexity index is 880. The minimum atomic E-state index is -0.104. The van der Waals surface area contributed by atoms with Crippen molar-refractivity contribution in [1.82, 2.24) is 20.1 Å². The van der Waals surface area contributed by atoms with Gasteiger partial charge in [-0.15, -0.1) is 16.8 Å². The fourth-order valence-electron chi connectivity index (χ4n) is 2.96. The van der Waals surface area contributed by atoms with Crippen molar-refractivity contribution in [3.63, 3.8) is 0 Å². The highest BCUT2D eigenvalue weighted by atomic mass is 32.2. The van der Waals surface area contributed by atoms with Crippen LogP contribution in [0.4, 0.5) is 0 Å². The van der Waals surface area contributed by atoms with Crippen LogP contribution in [0.3, 0.4) is 0 Å². The van der Waals surface area contributed by atoms with Crippen molar-refractivity contribution in [3.8, 4) is 17.2 Å². The molecule has 2 aromatic rings. The van der Waals surface area contributed by atoms with Crippen LogP contribution in [-0.2, 0) is 17.9 Å². The number of thioether (sulfide) groups is 1. The zero-order valence-electron chi connectivity index (χ0n) is 16.9. The molecule has 0 radical (unpaired) electrons. The molecule has 156 valence electrons. The molecule has 1 heterocycles. The van der Waals surface area contributed by atoms with Crippen LogP contribution in [0.5, 0.6) is 17.2 Å². The van der Waals surface area contributed by atoms with Crippen LogP contribution in [0.2, 0.25) is 0 Å². The van der Waals surface area contributed by atoms with E-state index in [1.165, 1.54) is 11.8 Å².